The third kappa shape index (κ3) is 5.78. The van der Waals surface area contributed by atoms with Crippen molar-refractivity contribution in [3.05, 3.63) is 0 Å². The smallest absolute Gasteiger partial charge is 0.315 e. The first-order valence-corrected chi connectivity index (χ1v) is 7.47. The van der Waals surface area contributed by atoms with Gasteiger partial charge in [-0.15, -0.1) is 0 Å². The van der Waals surface area contributed by atoms with E-state index in [-0.39, 0.29) is 18.2 Å². The lowest BCUT2D eigenvalue weighted by molar-refractivity contribution is 0.0942. The summed E-state index contributed by atoms with van der Waals surface area (Å²) >= 11 is 0. The molecule has 0 radical (unpaired) electrons. The SMILES string of the molecule is CCC(C)N(C)CCNC(=O)NC1CCCCC1O. The summed E-state index contributed by atoms with van der Waals surface area (Å²) in [6.45, 7) is 5.81. The molecule has 3 atom stereocenters. The van der Waals surface area contributed by atoms with Gasteiger partial charge in [-0.05, 0) is 33.2 Å². The quantitative estimate of drug-likeness (QED) is 0.682. The number of carbonyl (C=O) groups is 1. The first-order valence-electron chi connectivity index (χ1n) is 7.47. The molecule has 0 bridgehead atoms. The van der Waals surface area contributed by atoms with E-state index in [0.29, 0.717) is 12.6 Å². The molecule has 0 aliphatic heterocycles. The molecule has 3 N–H and O–H groups in total. The summed E-state index contributed by atoms with van der Waals surface area (Å²) < 4.78 is 0. The highest BCUT2D eigenvalue weighted by Gasteiger charge is 2.24. The summed E-state index contributed by atoms with van der Waals surface area (Å²) in [5, 5.41) is 15.5. The minimum atomic E-state index is -0.387. The van der Waals surface area contributed by atoms with Crippen LogP contribution in [0, 0.1) is 0 Å². The number of nitrogens with zero attached hydrogens (tertiary/aromatic N) is 1. The molecule has 1 aliphatic rings. The normalized spacial score (nSPS) is 25.1. The maximum absolute atomic E-state index is 11.7. The minimum Gasteiger partial charge on any atom is -0.391 e. The average molecular weight is 271 g/mol. The van der Waals surface area contributed by atoms with Gasteiger partial charge in [-0.1, -0.05) is 19.8 Å². The van der Waals surface area contributed by atoms with Gasteiger partial charge in [0.05, 0.1) is 12.1 Å². The predicted octanol–water partition coefficient (Wildman–Crippen LogP) is 1.32. The summed E-state index contributed by atoms with van der Waals surface area (Å²) in [6, 6.07) is 0.287. The van der Waals surface area contributed by atoms with E-state index in [1.54, 1.807) is 0 Å². The van der Waals surface area contributed by atoms with Crippen molar-refractivity contribution in [1.29, 1.82) is 0 Å². The van der Waals surface area contributed by atoms with E-state index >= 15 is 0 Å². The van der Waals surface area contributed by atoms with Crippen LogP contribution in [-0.2, 0) is 0 Å². The maximum atomic E-state index is 11.7. The zero-order valence-electron chi connectivity index (χ0n) is 12.5. The standard InChI is InChI=1S/C14H29N3O2/c1-4-11(2)17(3)10-9-15-14(19)16-12-7-5-6-8-13(12)18/h11-13,18H,4-10H2,1-3H3,(H2,15,16,19). The zero-order valence-corrected chi connectivity index (χ0v) is 12.5. The molecule has 0 spiro atoms. The van der Waals surface area contributed by atoms with Gasteiger partial charge in [-0.2, -0.15) is 0 Å². The van der Waals surface area contributed by atoms with Crippen molar-refractivity contribution in [2.45, 2.75) is 64.1 Å². The second-order valence-corrected chi connectivity index (χ2v) is 5.60. The molecule has 1 aliphatic carbocycles. The third-order valence-corrected chi connectivity index (χ3v) is 4.14. The van der Waals surface area contributed by atoms with E-state index in [2.05, 4.69) is 36.4 Å². The Labute approximate surface area is 116 Å². The number of carbonyl (C=O) groups excluding carboxylic acids is 1. The molecule has 0 saturated heterocycles. The molecule has 1 saturated carbocycles. The van der Waals surface area contributed by atoms with Crippen LogP contribution in [0.4, 0.5) is 4.79 Å². The number of aliphatic hydroxyl groups is 1. The van der Waals surface area contributed by atoms with E-state index in [9.17, 15) is 9.90 Å². The maximum Gasteiger partial charge on any atom is 0.315 e. The third-order valence-electron chi connectivity index (χ3n) is 4.14. The lowest BCUT2D eigenvalue weighted by Crippen LogP contribution is -2.50. The van der Waals surface area contributed by atoms with Crippen molar-refractivity contribution in [3.63, 3.8) is 0 Å². The number of nitrogens with one attached hydrogen (secondary N) is 2. The Morgan fingerprint density at radius 2 is 2.11 bits per heavy atom. The van der Waals surface area contributed by atoms with E-state index in [4.69, 9.17) is 0 Å². The lowest BCUT2D eigenvalue weighted by Gasteiger charge is -2.28. The fourth-order valence-electron chi connectivity index (χ4n) is 2.38. The van der Waals surface area contributed by atoms with E-state index in [1.165, 1.54) is 0 Å². The van der Waals surface area contributed by atoms with Crippen molar-refractivity contribution < 1.29 is 9.90 Å². The Balaban J connectivity index is 2.17. The second-order valence-electron chi connectivity index (χ2n) is 5.60. The van der Waals surface area contributed by atoms with Gasteiger partial charge in [-0.25, -0.2) is 4.79 Å². The first-order chi connectivity index (χ1) is 9.04. The highest BCUT2D eigenvalue weighted by Crippen LogP contribution is 2.18. The van der Waals surface area contributed by atoms with E-state index in [1.807, 2.05) is 0 Å². The summed E-state index contributed by atoms with van der Waals surface area (Å²) in [6.07, 6.45) is 4.53. The van der Waals surface area contributed by atoms with Gasteiger partial charge in [-0.3, -0.25) is 0 Å². The molecule has 1 fully saturated rings. The van der Waals surface area contributed by atoms with Crippen LogP contribution in [0.5, 0.6) is 0 Å². The molecule has 5 heteroatoms. The summed E-state index contributed by atoms with van der Waals surface area (Å²) in [7, 11) is 2.07. The van der Waals surface area contributed by atoms with Crippen LogP contribution in [0.3, 0.4) is 0 Å². The molecule has 19 heavy (non-hydrogen) atoms. The van der Waals surface area contributed by atoms with Gasteiger partial charge < -0.3 is 20.6 Å². The van der Waals surface area contributed by atoms with Crippen LogP contribution in [0.2, 0.25) is 0 Å². The fourth-order valence-corrected chi connectivity index (χ4v) is 2.38. The fraction of sp³-hybridized carbons (Fsp3) is 0.929. The summed E-state index contributed by atoms with van der Waals surface area (Å²) in [5.41, 5.74) is 0. The molecule has 3 unspecified atom stereocenters. The van der Waals surface area contributed by atoms with Crippen LogP contribution < -0.4 is 10.6 Å². The lowest BCUT2D eigenvalue weighted by atomic mass is 9.93. The minimum absolute atomic E-state index is 0.0824. The van der Waals surface area contributed by atoms with Gasteiger partial charge in [0.2, 0.25) is 0 Å². The van der Waals surface area contributed by atoms with Crippen LogP contribution in [-0.4, -0.2) is 54.4 Å². The molecule has 0 heterocycles. The molecule has 0 aromatic carbocycles. The molecular formula is C14H29N3O2. The molecule has 5 nitrogen and oxygen atoms in total. The highest BCUT2D eigenvalue weighted by molar-refractivity contribution is 5.74. The summed E-state index contributed by atoms with van der Waals surface area (Å²) in [5.74, 6) is 0. The van der Waals surface area contributed by atoms with Crippen molar-refractivity contribution in [2.75, 3.05) is 20.1 Å². The van der Waals surface area contributed by atoms with Crippen molar-refractivity contribution in [3.8, 4) is 0 Å². The number of hydrogen-bond acceptors (Lipinski definition) is 3. The second kappa shape index (κ2) is 8.38. The highest BCUT2D eigenvalue weighted by atomic mass is 16.3. The molecule has 2 amide bonds. The van der Waals surface area contributed by atoms with E-state index < -0.39 is 0 Å². The number of hydrogen-bond donors (Lipinski definition) is 3. The number of likely N-dealkylation sites (N-methyl/N-ethyl adjacent to an activating group) is 1. The van der Waals surface area contributed by atoms with Gasteiger partial charge in [0.1, 0.15) is 0 Å². The molecular weight excluding hydrogens is 242 g/mol. The van der Waals surface area contributed by atoms with Crippen molar-refractivity contribution in [2.24, 2.45) is 0 Å². The predicted molar refractivity (Wildman–Crippen MR) is 77.2 cm³/mol. The summed E-state index contributed by atoms with van der Waals surface area (Å²) in [4.78, 5) is 14.0. The molecule has 0 aromatic heterocycles. The van der Waals surface area contributed by atoms with Crippen LogP contribution in [0.25, 0.3) is 0 Å². The Hall–Kier alpha value is -0.810. The van der Waals surface area contributed by atoms with Crippen molar-refractivity contribution in [1.82, 2.24) is 15.5 Å². The number of aliphatic hydroxyl groups excluding tert-OH is 1. The first kappa shape index (κ1) is 16.2. The van der Waals surface area contributed by atoms with Gasteiger partial charge >= 0.3 is 6.03 Å². The number of amides is 2. The van der Waals surface area contributed by atoms with Gasteiger partial charge in [0.15, 0.2) is 0 Å². The van der Waals surface area contributed by atoms with Crippen LogP contribution in [0.15, 0.2) is 0 Å². The van der Waals surface area contributed by atoms with Crippen LogP contribution in [0.1, 0.15) is 46.0 Å². The number of urea groups is 1. The van der Waals surface area contributed by atoms with Gasteiger partial charge in [0.25, 0.3) is 0 Å². The van der Waals surface area contributed by atoms with Crippen molar-refractivity contribution >= 4 is 6.03 Å². The monoisotopic (exact) mass is 271 g/mol. The topological polar surface area (TPSA) is 64.6 Å². The Morgan fingerprint density at radius 1 is 1.42 bits per heavy atom. The zero-order chi connectivity index (χ0) is 14.3. The number of rotatable bonds is 6. The largest absolute Gasteiger partial charge is 0.391 e. The molecule has 1 rings (SSSR count). The Kier molecular flexibility index (Phi) is 7.16. The van der Waals surface area contributed by atoms with E-state index in [0.717, 1.165) is 38.6 Å². The molecule has 112 valence electrons. The van der Waals surface area contributed by atoms with Gasteiger partial charge in [0, 0.05) is 19.1 Å². The van der Waals surface area contributed by atoms with Crippen LogP contribution >= 0.6 is 0 Å². The molecule has 0 aromatic rings. The Bertz CT molecular complexity index is 273. The average Bonchev–Trinajstić information content (AvgIpc) is 2.40. The Morgan fingerprint density at radius 3 is 2.74 bits per heavy atom.